The quantitative estimate of drug-likeness (QED) is 0.126. The summed E-state index contributed by atoms with van der Waals surface area (Å²) in [6.45, 7) is 14.4. The summed E-state index contributed by atoms with van der Waals surface area (Å²) in [5, 5.41) is 4.77. The molecule has 0 aliphatic carbocycles. The van der Waals surface area contributed by atoms with Crippen LogP contribution >= 0.6 is 0 Å². The van der Waals surface area contributed by atoms with Gasteiger partial charge in [0.1, 0.15) is 0 Å². The van der Waals surface area contributed by atoms with Crippen LogP contribution in [0.3, 0.4) is 0 Å². The van der Waals surface area contributed by atoms with Gasteiger partial charge in [0.05, 0.1) is 6.61 Å². The normalized spacial score (nSPS) is 22.0. The Balaban J connectivity index is 1.35. The summed E-state index contributed by atoms with van der Waals surface area (Å²) >= 11 is 0. The molecular weight excluding hydrogens is 673 g/mol. The van der Waals surface area contributed by atoms with Crippen LogP contribution in [0.4, 0.5) is 0 Å². The molecule has 1 unspecified atom stereocenters. The third kappa shape index (κ3) is 5.73. The van der Waals surface area contributed by atoms with Gasteiger partial charge in [0.2, 0.25) is 10.6 Å². The average Bonchev–Trinajstić information content (AvgIpc) is 3.76. The van der Waals surface area contributed by atoms with Crippen molar-refractivity contribution in [3.8, 4) is 0 Å². The van der Waals surface area contributed by atoms with Crippen molar-refractivity contribution in [1.29, 1.82) is 0 Å². The van der Waals surface area contributed by atoms with Crippen LogP contribution in [-0.4, -0.2) is 49.4 Å². The fourth-order valence-electron chi connectivity index (χ4n) is 8.30. The molecule has 3 heterocycles. The van der Waals surface area contributed by atoms with E-state index in [0.29, 0.717) is 6.61 Å². The van der Waals surface area contributed by atoms with Crippen LogP contribution in [0.5, 0.6) is 0 Å². The standard InChI is InChI=1S/C41H46N2O4SSi2/c1-40(2,3)49(30-19-11-7-12-20-30,31-21-13-8-14-22-31)46-29-34-36(37-38(48(34)37)43-28-27-35(44)42-39(43)45)47-50(41(4,5)6,32-23-15-9-16-24-32)33-25-17-10-18-26-33/h7-28,34,36-38H,29H2,1-6H3/p+1/t34-,36-,37+,38-,48?/m1/s1. The molecule has 2 aliphatic heterocycles. The minimum absolute atomic E-state index is 0.0460. The number of hydrogen-bond donors (Lipinski definition) is 1. The Morgan fingerprint density at radius 2 is 1.06 bits per heavy atom. The molecule has 1 aromatic heterocycles. The molecule has 9 heteroatoms. The van der Waals surface area contributed by atoms with Gasteiger partial charge < -0.3 is 8.85 Å². The first-order chi connectivity index (χ1) is 23.9. The van der Waals surface area contributed by atoms with Crippen LogP contribution in [0.25, 0.3) is 0 Å². The van der Waals surface area contributed by atoms with E-state index in [1.54, 1.807) is 10.8 Å². The van der Waals surface area contributed by atoms with Crippen molar-refractivity contribution in [3.63, 3.8) is 0 Å². The Kier molecular flexibility index (Phi) is 9.09. The maximum Gasteiger partial charge on any atom is 0.332 e. The van der Waals surface area contributed by atoms with Crippen molar-refractivity contribution in [3.05, 3.63) is 154 Å². The molecule has 258 valence electrons. The summed E-state index contributed by atoms with van der Waals surface area (Å²) in [5.41, 5.74) is -0.741. The van der Waals surface area contributed by atoms with Gasteiger partial charge in [-0.3, -0.25) is 9.78 Å². The lowest BCUT2D eigenvalue weighted by atomic mass is 10.2. The molecule has 2 fully saturated rings. The lowest BCUT2D eigenvalue weighted by Crippen LogP contribution is -2.71. The topological polar surface area (TPSA) is 73.3 Å². The monoisotopic (exact) mass is 719 g/mol. The minimum Gasteiger partial charge on any atom is -0.402 e. The summed E-state index contributed by atoms with van der Waals surface area (Å²) in [7, 11) is -5.91. The second-order valence-corrected chi connectivity index (χ2v) is 26.5. The lowest BCUT2D eigenvalue weighted by Gasteiger charge is -2.47. The molecule has 50 heavy (non-hydrogen) atoms. The highest BCUT2D eigenvalue weighted by Crippen LogP contribution is 2.62. The Bertz CT molecular complexity index is 1960. The summed E-state index contributed by atoms with van der Waals surface area (Å²) < 4.78 is 17.2. The molecule has 2 saturated heterocycles. The second kappa shape index (κ2) is 13.1. The molecule has 7 rings (SSSR count). The van der Waals surface area contributed by atoms with Crippen molar-refractivity contribution in [2.24, 2.45) is 0 Å². The van der Waals surface area contributed by atoms with E-state index < -0.39 is 16.6 Å². The van der Waals surface area contributed by atoms with E-state index in [-0.39, 0.29) is 54.2 Å². The first kappa shape index (κ1) is 34.7. The van der Waals surface area contributed by atoms with Gasteiger partial charge >= 0.3 is 5.69 Å². The van der Waals surface area contributed by atoms with Crippen molar-refractivity contribution < 1.29 is 8.85 Å². The summed E-state index contributed by atoms with van der Waals surface area (Å²) in [4.78, 5) is 27.8. The van der Waals surface area contributed by atoms with Crippen LogP contribution in [0.2, 0.25) is 10.1 Å². The Hall–Kier alpha value is -3.74. The number of hydrogen-bond acceptors (Lipinski definition) is 4. The van der Waals surface area contributed by atoms with Crippen molar-refractivity contribution in [1.82, 2.24) is 9.55 Å². The van der Waals surface area contributed by atoms with E-state index in [1.807, 2.05) is 0 Å². The fourth-order valence-corrected chi connectivity index (χ4v) is 21.1. The van der Waals surface area contributed by atoms with Crippen molar-refractivity contribution in [2.45, 2.75) is 73.6 Å². The molecule has 5 atom stereocenters. The summed E-state index contributed by atoms with van der Waals surface area (Å²) in [6, 6.07) is 44.5. The second-order valence-electron chi connectivity index (χ2n) is 15.5. The maximum absolute atomic E-state index is 13.2. The van der Waals surface area contributed by atoms with Crippen LogP contribution in [-0.2, 0) is 19.7 Å². The SMILES string of the molecule is CC(C)(C)[Si](OC[C@@H]1[C@@H](O[Si](c2ccccc2)(c2ccccc2)C(C)(C)C)[C@H]2[C@H](n3ccc(=O)[nH]c3=O)[S+]21)(c1ccccc1)c1ccccc1. The van der Waals surface area contributed by atoms with E-state index in [4.69, 9.17) is 8.85 Å². The van der Waals surface area contributed by atoms with Gasteiger partial charge in [0, 0.05) is 23.2 Å². The van der Waals surface area contributed by atoms with Gasteiger partial charge in [-0.15, -0.1) is 0 Å². The molecule has 0 radical (unpaired) electrons. The maximum atomic E-state index is 13.2. The van der Waals surface area contributed by atoms with Gasteiger partial charge in [0.25, 0.3) is 22.2 Å². The predicted octanol–water partition coefficient (Wildman–Crippen LogP) is 4.94. The molecule has 4 aromatic carbocycles. The van der Waals surface area contributed by atoms with Gasteiger partial charge in [0.15, 0.2) is 11.4 Å². The van der Waals surface area contributed by atoms with Crippen molar-refractivity contribution >= 4 is 48.3 Å². The third-order valence-electron chi connectivity index (χ3n) is 10.6. The number of H-pyrrole nitrogens is 1. The zero-order chi connectivity index (χ0) is 35.3. The average molecular weight is 720 g/mol. The smallest absolute Gasteiger partial charge is 0.332 e. The van der Waals surface area contributed by atoms with Crippen LogP contribution in [0, 0.1) is 0 Å². The molecular formula is C41H47N2O4SSi2+. The lowest BCUT2D eigenvalue weighted by molar-refractivity contribution is 0.145. The molecule has 5 aromatic rings. The first-order valence-corrected chi connectivity index (χ1v) is 22.7. The number of benzene rings is 4. The Morgan fingerprint density at radius 1 is 0.640 bits per heavy atom. The molecule has 2 aliphatic rings. The fraction of sp³-hybridized carbons (Fsp3) is 0.317. The molecule has 0 bridgehead atoms. The summed E-state index contributed by atoms with van der Waals surface area (Å²) in [6.07, 6.45) is 1.53. The molecule has 1 N–H and O–H groups in total. The number of aromatic nitrogens is 2. The Labute approximate surface area is 300 Å². The van der Waals surface area contributed by atoms with Gasteiger partial charge in [-0.25, -0.2) is 9.36 Å². The van der Waals surface area contributed by atoms with Crippen LogP contribution in [0.1, 0.15) is 46.9 Å². The minimum atomic E-state index is -2.92. The molecule has 6 nitrogen and oxygen atoms in total. The number of nitrogens with one attached hydrogen (secondary N) is 1. The van der Waals surface area contributed by atoms with E-state index in [1.165, 1.54) is 26.8 Å². The van der Waals surface area contributed by atoms with Gasteiger partial charge in [-0.1, -0.05) is 163 Å². The van der Waals surface area contributed by atoms with Crippen molar-refractivity contribution in [2.75, 3.05) is 6.61 Å². The highest BCUT2D eigenvalue weighted by molar-refractivity contribution is 8.06. The highest BCUT2D eigenvalue weighted by Gasteiger charge is 2.85. The van der Waals surface area contributed by atoms with E-state index in [9.17, 15) is 9.59 Å². The predicted molar refractivity (Wildman–Crippen MR) is 211 cm³/mol. The molecule has 0 saturated carbocycles. The number of aromatic amines is 1. The van der Waals surface area contributed by atoms with E-state index in [2.05, 4.69) is 168 Å². The zero-order valence-electron chi connectivity index (χ0n) is 29.7. The van der Waals surface area contributed by atoms with Gasteiger partial charge in [-0.05, 0) is 30.8 Å². The number of rotatable bonds is 10. The first-order valence-electron chi connectivity index (χ1n) is 17.5. The van der Waals surface area contributed by atoms with Crippen LogP contribution < -0.4 is 32.0 Å². The third-order valence-corrected chi connectivity index (χ3v) is 23.6. The highest BCUT2D eigenvalue weighted by atomic mass is 32.2. The van der Waals surface area contributed by atoms with Gasteiger partial charge in [-0.2, -0.15) is 0 Å². The summed E-state index contributed by atoms with van der Waals surface area (Å²) in [5.74, 6) is 0. The zero-order valence-corrected chi connectivity index (χ0v) is 32.5. The van der Waals surface area contributed by atoms with E-state index >= 15 is 0 Å². The largest absolute Gasteiger partial charge is 0.402 e. The van der Waals surface area contributed by atoms with Crippen LogP contribution in [0.15, 0.2) is 143 Å². The van der Waals surface area contributed by atoms with E-state index in [0.717, 1.165) is 0 Å². The number of nitrogens with zero attached hydrogens (tertiary/aromatic N) is 1. The number of fused-ring (bicyclic) bond motifs is 1. The Morgan fingerprint density at radius 3 is 1.46 bits per heavy atom. The molecule has 0 amide bonds. The molecule has 0 spiro atoms.